The highest BCUT2D eigenvalue weighted by Crippen LogP contribution is 2.23. The molecule has 0 spiro atoms. The van der Waals surface area contributed by atoms with Gasteiger partial charge in [-0.15, -0.1) is 0 Å². The van der Waals surface area contributed by atoms with Gasteiger partial charge in [-0.2, -0.15) is 0 Å². The summed E-state index contributed by atoms with van der Waals surface area (Å²) in [6.45, 7) is 12.5. The van der Waals surface area contributed by atoms with E-state index in [2.05, 4.69) is 77.5 Å². The van der Waals surface area contributed by atoms with Crippen LogP contribution in [0.4, 0.5) is 5.69 Å². The lowest BCUT2D eigenvalue weighted by Crippen LogP contribution is -2.30. The van der Waals surface area contributed by atoms with Crippen LogP contribution in [0.1, 0.15) is 44.7 Å². The maximum Gasteiger partial charge on any atom is 0.0639 e. The summed E-state index contributed by atoms with van der Waals surface area (Å²) in [5.41, 5.74) is 4.45. The van der Waals surface area contributed by atoms with Crippen molar-refractivity contribution in [2.45, 2.75) is 51.6 Å². The van der Waals surface area contributed by atoms with E-state index >= 15 is 0 Å². The van der Waals surface area contributed by atoms with E-state index in [1.54, 1.807) is 0 Å². The molecule has 1 heterocycles. The molecule has 0 radical (unpaired) electrons. The Kier molecular flexibility index (Phi) is 6.21. The normalized spacial score (nSPS) is 14.8. The molecule has 2 aromatic rings. The van der Waals surface area contributed by atoms with Gasteiger partial charge < -0.3 is 14.8 Å². The molecular formula is C23H31N3. The van der Waals surface area contributed by atoms with Crippen LogP contribution in [0.15, 0.2) is 67.5 Å². The highest BCUT2D eigenvalue weighted by Gasteiger charge is 2.16. The summed E-state index contributed by atoms with van der Waals surface area (Å²) in [5, 5.41) is 3.65. The standard InChI is InChI=1S/C23H31N3/c1-4-26(22-14-9-6-10-15-22)19(2)18-25-17-11-16-23(25)20(3)24-21-12-7-5-8-13-21/h6,9-11,14-17,21,24H,2-5,7-8,12-13,18H2,1H3. The summed E-state index contributed by atoms with van der Waals surface area (Å²) in [5.74, 6) is 0. The molecule has 0 aliphatic heterocycles. The van der Waals surface area contributed by atoms with Crippen molar-refractivity contribution in [1.82, 2.24) is 9.88 Å². The largest absolute Gasteiger partial charge is 0.381 e. The van der Waals surface area contributed by atoms with Crippen LogP contribution in [0.5, 0.6) is 0 Å². The molecule has 0 bridgehead atoms. The lowest BCUT2D eigenvalue weighted by molar-refractivity contribution is 0.408. The number of benzene rings is 1. The van der Waals surface area contributed by atoms with Crippen molar-refractivity contribution in [1.29, 1.82) is 0 Å². The Bertz CT molecular complexity index is 723. The summed E-state index contributed by atoms with van der Waals surface area (Å²) >= 11 is 0. The van der Waals surface area contributed by atoms with Gasteiger partial charge in [0.2, 0.25) is 0 Å². The van der Waals surface area contributed by atoms with E-state index in [9.17, 15) is 0 Å². The Morgan fingerprint density at radius 3 is 2.50 bits per heavy atom. The smallest absolute Gasteiger partial charge is 0.0639 e. The van der Waals surface area contributed by atoms with Crippen molar-refractivity contribution in [2.75, 3.05) is 11.4 Å². The van der Waals surface area contributed by atoms with Gasteiger partial charge >= 0.3 is 0 Å². The summed E-state index contributed by atoms with van der Waals surface area (Å²) in [6.07, 6.45) is 8.64. The Balaban J connectivity index is 1.67. The molecule has 1 aromatic heterocycles. The molecule has 0 atom stereocenters. The van der Waals surface area contributed by atoms with Crippen molar-refractivity contribution in [3.05, 3.63) is 73.2 Å². The molecule has 3 rings (SSSR count). The fourth-order valence-electron chi connectivity index (χ4n) is 3.87. The zero-order valence-corrected chi connectivity index (χ0v) is 16.0. The Hall–Kier alpha value is -2.42. The van der Waals surface area contributed by atoms with Crippen LogP contribution in [-0.2, 0) is 6.54 Å². The number of rotatable bonds is 8. The fourth-order valence-corrected chi connectivity index (χ4v) is 3.87. The van der Waals surface area contributed by atoms with E-state index in [0.717, 1.165) is 30.2 Å². The molecule has 138 valence electrons. The van der Waals surface area contributed by atoms with E-state index in [-0.39, 0.29) is 0 Å². The van der Waals surface area contributed by atoms with E-state index in [1.165, 1.54) is 37.8 Å². The van der Waals surface area contributed by atoms with E-state index in [1.807, 2.05) is 6.07 Å². The molecule has 1 fully saturated rings. The first kappa shape index (κ1) is 18.4. The maximum atomic E-state index is 4.35. The van der Waals surface area contributed by atoms with Crippen LogP contribution in [-0.4, -0.2) is 17.2 Å². The highest BCUT2D eigenvalue weighted by molar-refractivity contribution is 5.59. The van der Waals surface area contributed by atoms with Gasteiger partial charge in [-0.05, 0) is 44.0 Å². The predicted octanol–water partition coefficient (Wildman–Crippen LogP) is 5.42. The topological polar surface area (TPSA) is 20.2 Å². The second kappa shape index (κ2) is 8.79. The Morgan fingerprint density at radius 2 is 1.81 bits per heavy atom. The second-order valence-corrected chi connectivity index (χ2v) is 7.13. The monoisotopic (exact) mass is 349 g/mol. The quantitative estimate of drug-likeness (QED) is 0.686. The average molecular weight is 350 g/mol. The summed E-state index contributed by atoms with van der Waals surface area (Å²) < 4.78 is 2.24. The van der Waals surface area contributed by atoms with Gasteiger partial charge in [0.05, 0.1) is 17.9 Å². The molecule has 26 heavy (non-hydrogen) atoms. The molecule has 0 saturated heterocycles. The number of hydrogen-bond donors (Lipinski definition) is 1. The van der Waals surface area contributed by atoms with Crippen molar-refractivity contribution in [2.24, 2.45) is 0 Å². The number of aromatic nitrogens is 1. The van der Waals surface area contributed by atoms with Crippen LogP contribution in [0.2, 0.25) is 0 Å². The zero-order chi connectivity index (χ0) is 18.4. The van der Waals surface area contributed by atoms with Crippen molar-refractivity contribution >= 4 is 11.4 Å². The molecule has 3 nitrogen and oxygen atoms in total. The second-order valence-electron chi connectivity index (χ2n) is 7.13. The fraction of sp³-hybridized carbons (Fsp3) is 0.391. The number of hydrogen-bond acceptors (Lipinski definition) is 2. The van der Waals surface area contributed by atoms with Gasteiger partial charge in [0.25, 0.3) is 0 Å². The molecule has 0 unspecified atom stereocenters. The van der Waals surface area contributed by atoms with Crippen molar-refractivity contribution in [3.8, 4) is 0 Å². The molecule has 0 amide bonds. The Morgan fingerprint density at radius 1 is 1.08 bits per heavy atom. The zero-order valence-electron chi connectivity index (χ0n) is 16.0. The number of para-hydroxylation sites is 1. The van der Waals surface area contributed by atoms with E-state index < -0.39 is 0 Å². The summed E-state index contributed by atoms with van der Waals surface area (Å²) in [4.78, 5) is 2.26. The lowest BCUT2D eigenvalue weighted by atomic mass is 9.95. The SMILES string of the molecule is C=C(NC1CCCCC1)c1cccn1CC(=C)N(CC)c1ccccc1. The third-order valence-electron chi connectivity index (χ3n) is 5.24. The molecule has 1 aliphatic carbocycles. The summed E-state index contributed by atoms with van der Waals surface area (Å²) in [7, 11) is 0. The van der Waals surface area contributed by atoms with Gasteiger partial charge in [-0.1, -0.05) is 50.6 Å². The molecule has 1 aromatic carbocycles. The third kappa shape index (κ3) is 4.40. The Labute approximate surface area is 158 Å². The van der Waals surface area contributed by atoms with Crippen LogP contribution >= 0.6 is 0 Å². The minimum Gasteiger partial charge on any atom is -0.381 e. The van der Waals surface area contributed by atoms with Crippen LogP contribution in [0.3, 0.4) is 0 Å². The first-order valence-electron chi connectivity index (χ1n) is 9.80. The minimum atomic E-state index is 0.569. The van der Waals surface area contributed by atoms with Crippen LogP contribution in [0, 0.1) is 0 Å². The first-order valence-corrected chi connectivity index (χ1v) is 9.80. The predicted molar refractivity (Wildman–Crippen MR) is 112 cm³/mol. The van der Waals surface area contributed by atoms with Crippen molar-refractivity contribution < 1.29 is 0 Å². The molecule has 1 aliphatic rings. The van der Waals surface area contributed by atoms with E-state index in [4.69, 9.17) is 0 Å². The van der Waals surface area contributed by atoms with Gasteiger partial charge in [-0.3, -0.25) is 0 Å². The van der Waals surface area contributed by atoms with Gasteiger partial charge in [0.1, 0.15) is 0 Å². The summed E-state index contributed by atoms with van der Waals surface area (Å²) in [6, 6.07) is 15.3. The number of nitrogens with one attached hydrogen (secondary N) is 1. The van der Waals surface area contributed by atoms with Gasteiger partial charge in [0, 0.05) is 30.2 Å². The number of allylic oxidation sites excluding steroid dienone is 1. The van der Waals surface area contributed by atoms with Crippen molar-refractivity contribution in [3.63, 3.8) is 0 Å². The van der Waals surface area contributed by atoms with Crippen LogP contribution < -0.4 is 10.2 Å². The number of likely N-dealkylation sites (N-methyl/N-ethyl adjacent to an activating group) is 1. The van der Waals surface area contributed by atoms with Crippen LogP contribution in [0.25, 0.3) is 5.70 Å². The van der Waals surface area contributed by atoms with Gasteiger partial charge in [0.15, 0.2) is 0 Å². The highest BCUT2D eigenvalue weighted by atomic mass is 15.2. The third-order valence-corrected chi connectivity index (χ3v) is 5.24. The lowest BCUT2D eigenvalue weighted by Gasteiger charge is -2.28. The average Bonchev–Trinajstić information content (AvgIpc) is 3.12. The minimum absolute atomic E-state index is 0.569. The van der Waals surface area contributed by atoms with Gasteiger partial charge in [-0.25, -0.2) is 0 Å². The number of anilines is 1. The molecule has 1 N–H and O–H groups in total. The molecule has 3 heteroatoms. The number of nitrogens with zero attached hydrogens (tertiary/aromatic N) is 2. The first-order chi connectivity index (χ1) is 12.7. The van der Waals surface area contributed by atoms with E-state index in [0.29, 0.717) is 6.04 Å². The molecule has 1 saturated carbocycles. The maximum absolute atomic E-state index is 4.35. The molecular weight excluding hydrogens is 318 g/mol.